The number of nitrogens with zero attached hydrogens (tertiary/aromatic N) is 2. The molecule has 6 heteroatoms. The highest BCUT2D eigenvalue weighted by Gasteiger charge is 2.25. The second-order valence-corrected chi connectivity index (χ2v) is 8.59. The van der Waals surface area contributed by atoms with Gasteiger partial charge in [0, 0.05) is 48.5 Å². The summed E-state index contributed by atoms with van der Waals surface area (Å²) in [5.41, 5.74) is 3.46. The summed E-state index contributed by atoms with van der Waals surface area (Å²) in [6, 6.07) is 14.8. The van der Waals surface area contributed by atoms with Gasteiger partial charge in [0.25, 0.3) is 0 Å². The van der Waals surface area contributed by atoms with Gasteiger partial charge in [0.2, 0.25) is 0 Å². The Balaban J connectivity index is 1.61. The van der Waals surface area contributed by atoms with Crippen LogP contribution in [0.25, 0.3) is 10.9 Å². The molecule has 1 aromatic heterocycles. The number of para-hydroxylation sites is 1. The predicted octanol–water partition coefficient (Wildman–Crippen LogP) is 5.73. The summed E-state index contributed by atoms with van der Waals surface area (Å²) in [4.78, 5) is 2.38. The van der Waals surface area contributed by atoms with Crippen LogP contribution in [0.3, 0.4) is 0 Å². The summed E-state index contributed by atoms with van der Waals surface area (Å²) >= 11 is 5.94. The number of rotatable bonds is 6. The molecule has 0 aliphatic heterocycles. The van der Waals surface area contributed by atoms with Gasteiger partial charge in [-0.3, -0.25) is 0 Å². The first-order valence-electron chi connectivity index (χ1n) is 10.9. The van der Waals surface area contributed by atoms with Gasteiger partial charge in [0.05, 0.1) is 14.2 Å². The molecule has 0 unspecified atom stereocenters. The lowest BCUT2D eigenvalue weighted by Crippen LogP contribution is -2.43. The van der Waals surface area contributed by atoms with Gasteiger partial charge in [-0.15, -0.1) is 0 Å². The highest BCUT2D eigenvalue weighted by Crippen LogP contribution is 2.31. The van der Waals surface area contributed by atoms with E-state index in [9.17, 15) is 0 Å². The highest BCUT2D eigenvalue weighted by atomic mass is 32.1. The Bertz CT molecular complexity index is 1060. The minimum Gasteiger partial charge on any atom is -0.493 e. The molecule has 0 atom stereocenters. The minimum absolute atomic E-state index is 0.452. The van der Waals surface area contributed by atoms with E-state index < -0.39 is 0 Å². The first-order valence-corrected chi connectivity index (χ1v) is 11.3. The summed E-state index contributed by atoms with van der Waals surface area (Å²) < 4.78 is 13.0. The third-order valence-corrected chi connectivity index (χ3v) is 6.57. The standard InChI is InChI=1S/C25H31N3O2S/c1-27-16-18(21-11-7-8-12-22(21)27)17-28(20-9-5-4-6-10-20)25(31)26-19-13-14-23(29-2)24(15-19)30-3/h7-8,11-16,20H,4-6,9-10,17H2,1-3H3,(H,26,31). The molecule has 164 valence electrons. The Morgan fingerprint density at radius 1 is 1.06 bits per heavy atom. The number of nitrogens with one attached hydrogen (secondary N) is 1. The van der Waals surface area contributed by atoms with E-state index >= 15 is 0 Å². The molecule has 1 aliphatic carbocycles. The Morgan fingerprint density at radius 3 is 2.55 bits per heavy atom. The van der Waals surface area contributed by atoms with Crippen molar-refractivity contribution in [3.63, 3.8) is 0 Å². The lowest BCUT2D eigenvalue weighted by molar-refractivity contribution is 0.241. The van der Waals surface area contributed by atoms with Crippen LogP contribution >= 0.6 is 12.2 Å². The van der Waals surface area contributed by atoms with Crippen LogP contribution in [0.2, 0.25) is 0 Å². The second kappa shape index (κ2) is 9.60. The van der Waals surface area contributed by atoms with Crippen molar-refractivity contribution in [2.75, 3.05) is 19.5 Å². The fourth-order valence-corrected chi connectivity index (χ4v) is 4.94. The predicted molar refractivity (Wildman–Crippen MR) is 131 cm³/mol. The molecule has 0 radical (unpaired) electrons. The van der Waals surface area contributed by atoms with Gasteiger partial charge >= 0.3 is 0 Å². The maximum Gasteiger partial charge on any atom is 0.173 e. The summed E-state index contributed by atoms with van der Waals surface area (Å²) in [6.45, 7) is 0.797. The van der Waals surface area contributed by atoms with Gasteiger partial charge in [-0.1, -0.05) is 37.5 Å². The molecule has 0 amide bonds. The minimum atomic E-state index is 0.452. The van der Waals surface area contributed by atoms with Gasteiger partial charge in [-0.05, 0) is 48.8 Å². The van der Waals surface area contributed by atoms with E-state index in [0.29, 0.717) is 17.5 Å². The average Bonchev–Trinajstić information content (AvgIpc) is 3.13. The van der Waals surface area contributed by atoms with Crippen molar-refractivity contribution in [1.82, 2.24) is 9.47 Å². The van der Waals surface area contributed by atoms with Crippen molar-refractivity contribution in [2.24, 2.45) is 7.05 Å². The number of methoxy groups -OCH3 is 2. The lowest BCUT2D eigenvalue weighted by Gasteiger charge is -2.36. The SMILES string of the molecule is COc1ccc(NC(=S)N(Cc2cn(C)c3ccccc23)C2CCCCC2)cc1OC. The van der Waals surface area contributed by atoms with E-state index in [1.165, 1.54) is 48.6 Å². The number of fused-ring (bicyclic) bond motifs is 1. The van der Waals surface area contributed by atoms with E-state index in [0.717, 1.165) is 17.3 Å². The van der Waals surface area contributed by atoms with Crippen molar-refractivity contribution in [2.45, 2.75) is 44.7 Å². The van der Waals surface area contributed by atoms with Crippen molar-refractivity contribution in [3.8, 4) is 11.5 Å². The van der Waals surface area contributed by atoms with E-state index in [1.54, 1.807) is 14.2 Å². The van der Waals surface area contributed by atoms with Crippen LogP contribution in [0.1, 0.15) is 37.7 Å². The summed E-state index contributed by atoms with van der Waals surface area (Å²) in [5.74, 6) is 1.40. The maximum absolute atomic E-state index is 5.94. The Hall–Kier alpha value is -2.73. The zero-order chi connectivity index (χ0) is 21.8. The summed E-state index contributed by atoms with van der Waals surface area (Å²) in [7, 11) is 5.40. The second-order valence-electron chi connectivity index (χ2n) is 8.20. The molecular weight excluding hydrogens is 406 g/mol. The molecule has 3 aromatic rings. The number of benzene rings is 2. The Kier molecular flexibility index (Phi) is 6.66. The van der Waals surface area contributed by atoms with Gasteiger partial charge in [0.1, 0.15) is 0 Å². The maximum atomic E-state index is 5.94. The quantitative estimate of drug-likeness (QED) is 0.499. The molecule has 0 saturated heterocycles. The number of aryl methyl sites for hydroxylation is 1. The fourth-order valence-electron chi connectivity index (χ4n) is 4.60. The van der Waals surface area contributed by atoms with Gasteiger partial charge in [0.15, 0.2) is 16.6 Å². The zero-order valence-electron chi connectivity index (χ0n) is 18.6. The molecule has 0 bridgehead atoms. The largest absolute Gasteiger partial charge is 0.493 e. The molecule has 0 spiro atoms. The molecule has 2 aromatic carbocycles. The molecule has 1 N–H and O–H groups in total. The van der Waals surface area contributed by atoms with Gasteiger partial charge in [-0.2, -0.15) is 0 Å². The van der Waals surface area contributed by atoms with Crippen molar-refractivity contribution < 1.29 is 9.47 Å². The molecule has 1 heterocycles. The van der Waals surface area contributed by atoms with Crippen LogP contribution in [0.4, 0.5) is 5.69 Å². The number of ether oxygens (including phenoxy) is 2. The third-order valence-electron chi connectivity index (χ3n) is 6.23. The number of hydrogen-bond donors (Lipinski definition) is 1. The zero-order valence-corrected chi connectivity index (χ0v) is 19.4. The molecule has 4 rings (SSSR count). The summed E-state index contributed by atoms with van der Waals surface area (Å²) in [6.07, 6.45) is 8.43. The monoisotopic (exact) mass is 437 g/mol. The fraction of sp³-hybridized carbons (Fsp3) is 0.400. The highest BCUT2D eigenvalue weighted by molar-refractivity contribution is 7.80. The topological polar surface area (TPSA) is 38.7 Å². The normalized spacial score (nSPS) is 14.4. The van der Waals surface area contributed by atoms with Crippen molar-refractivity contribution in [3.05, 3.63) is 54.2 Å². The van der Waals surface area contributed by atoms with Crippen LogP contribution in [-0.2, 0) is 13.6 Å². The van der Waals surface area contributed by atoms with E-state index in [2.05, 4.69) is 52.3 Å². The van der Waals surface area contributed by atoms with Crippen LogP contribution in [-0.4, -0.2) is 34.8 Å². The molecular formula is C25H31N3O2S. The number of thiocarbonyl (C=S) groups is 1. The van der Waals surface area contributed by atoms with Crippen LogP contribution in [0, 0.1) is 0 Å². The molecule has 5 nitrogen and oxygen atoms in total. The van der Waals surface area contributed by atoms with Crippen LogP contribution < -0.4 is 14.8 Å². The first kappa shape index (κ1) is 21.5. The number of hydrogen-bond acceptors (Lipinski definition) is 3. The van der Waals surface area contributed by atoms with Crippen molar-refractivity contribution in [1.29, 1.82) is 0 Å². The molecule has 1 fully saturated rings. The van der Waals surface area contributed by atoms with E-state index in [4.69, 9.17) is 21.7 Å². The molecule has 1 saturated carbocycles. The molecule has 1 aliphatic rings. The summed E-state index contributed by atoms with van der Waals surface area (Å²) in [5, 5.41) is 5.50. The van der Waals surface area contributed by atoms with Crippen molar-refractivity contribution >= 4 is 33.9 Å². The van der Waals surface area contributed by atoms with Crippen LogP contribution in [0.5, 0.6) is 11.5 Å². The first-order chi connectivity index (χ1) is 15.1. The number of aromatic nitrogens is 1. The Labute approximate surface area is 189 Å². The Morgan fingerprint density at radius 2 is 1.81 bits per heavy atom. The van der Waals surface area contributed by atoms with Crippen LogP contribution in [0.15, 0.2) is 48.7 Å². The smallest absolute Gasteiger partial charge is 0.173 e. The van der Waals surface area contributed by atoms with E-state index in [1.807, 2.05) is 18.2 Å². The lowest BCUT2D eigenvalue weighted by atomic mass is 9.94. The van der Waals surface area contributed by atoms with E-state index in [-0.39, 0.29) is 0 Å². The number of anilines is 1. The molecule has 31 heavy (non-hydrogen) atoms. The van der Waals surface area contributed by atoms with Gasteiger partial charge < -0.3 is 24.3 Å². The third kappa shape index (κ3) is 4.64. The average molecular weight is 438 g/mol. The van der Waals surface area contributed by atoms with Gasteiger partial charge in [-0.25, -0.2) is 0 Å².